The van der Waals surface area contributed by atoms with Crippen molar-refractivity contribution < 1.29 is 30.9 Å². The van der Waals surface area contributed by atoms with Gasteiger partial charge in [0.15, 0.2) is 0 Å². The number of nitro groups is 1. The molecule has 0 bridgehead atoms. The average Bonchev–Trinajstić information content (AvgIpc) is 3.33. The zero-order valence-corrected chi connectivity index (χ0v) is 17.0. The van der Waals surface area contributed by atoms with Crippen molar-refractivity contribution in [3.63, 3.8) is 0 Å². The maximum atomic E-state index is 13.6. The number of hydrogen-bond donors (Lipinski definition) is 1. The third-order valence-corrected chi connectivity index (χ3v) is 8.78. The molecule has 2 heterocycles. The molecule has 1 amide bonds. The minimum absolute atomic E-state index is 0.0146. The summed E-state index contributed by atoms with van der Waals surface area (Å²) in [7, 11) is -8.65. The summed E-state index contributed by atoms with van der Waals surface area (Å²) in [6.07, 6.45) is 0.434. The topological polar surface area (TPSA) is 144 Å². The van der Waals surface area contributed by atoms with Crippen molar-refractivity contribution in [1.82, 2.24) is 9.03 Å². The second-order valence-electron chi connectivity index (χ2n) is 6.08. The van der Waals surface area contributed by atoms with E-state index in [2.05, 4.69) is 0 Å². The number of amides is 1. The highest BCUT2D eigenvalue weighted by Crippen LogP contribution is 2.29. The number of hydrogen-bond acceptors (Lipinski definition) is 8. The Morgan fingerprint density at radius 2 is 2.00 bits per heavy atom. The lowest BCUT2D eigenvalue weighted by molar-refractivity contribution is -0.385. The van der Waals surface area contributed by atoms with E-state index in [0.29, 0.717) is 24.6 Å². The standard InChI is InChI=1S/C15H14FN3O7S3/c16-10-7-11(19(21)22)9-12(8-10)28(23,24)17-15(20)13-3-1-5-18(13)29(25,26)14-4-2-6-27-14/h2,4,6-9,13H,1,3,5H2,(H,17,20)/t13-/m0/s1. The smallest absolute Gasteiger partial charge is 0.272 e. The first-order valence-corrected chi connectivity index (χ1v) is 11.9. The highest BCUT2D eigenvalue weighted by atomic mass is 32.2. The number of benzene rings is 1. The van der Waals surface area contributed by atoms with Crippen LogP contribution in [0.4, 0.5) is 10.1 Å². The molecule has 1 saturated heterocycles. The summed E-state index contributed by atoms with van der Waals surface area (Å²) in [4.78, 5) is 21.6. The summed E-state index contributed by atoms with van der Waals surface area (Å²) in [5, 5.41) is 12.4. The molecule has 1 aromatic heterocycles. The number of sulfonamides is 2. The molecular formula is C15H14FN3O7S3. The summed E-state index contributed by atoms with van der Waals surface area (Å²) in [5.74, 6) is -2.29. The third kappa shape index (κ3) is 4.29. The first-order chi connectivity index (χ1) is 13.5. The van der Waals surface area contributed by atoms with Crippen LogP contribution in [-0.2, 0) is 24.8 Å². The van der Waals surface area contributed by atoms with Gasteiger partial charge in [0.1, 0.15) is 16.1 Å². The van der Waals surface area contributed by atoms with Crippen LogP contribution in [0.5, 0.6) is 0 Å². The molecule has 1 fully saturated rings. The van der Waals surface area contributed by atoms with E-state index in [1.165, 1.54) is 12.1 Å². The molecule has 1 aliphatic rings. The fourth-order valence-corrected chi connectivity index (χ4v) is 6.72. The minimum Gasteiger partial charge on any atom is -0.272 e. The van der Waals surface area contributed by atoms with Crippen LogP contribution in [0, 0.1) is 15.9 Å². The van der Waals surface area contributed by atoms with Crippen molar-refractivity contribution in [2.75, 3.05) is 6.54 Å². The van der Waals surface area contributed by atoms with Gasteiger partial charge in [0.2, 0.25) is 0 Å². The van der Waals surface area contributed by atoms with Gasteiger partial charge in [-0.05, 0) is 30.4 Å². The maximum absolute atomic E-state index is 13.6. The summed E-state index contributed by atoms with van der Waals surface area (Å²) >= 11 is 0.961. The monoisotopic (exact) mass is 463 g/mol. The van der Waals surface area contributed by atoms with Gasteiger partial charge in [0.25, 0.3) is 31.6 Å². The number of rotatable bonds is 6. The molecule has 156 valence electrons. The predicted octanol–water partition coefficient (Wildman–Crippen LogP) is 1.45. The summed E-state index contributed by atoms with van der Waals surface area (Å²) in [6, 6.07) is 3.29. The van der Waals surface area contributed by atoms with Gasteiger partial charge < -0.3 is 0 Å². The molecule has 14 heteroatoms. The van der Waals surface area contributed by atoms with E-state index < -0.39 is 53.3 Å². The van der Waals surface area contributed by atoms with Crippen LogP contribution in [0.3, 0.4) is 0 Å². The summed E-state index contributed by atoms with van der Waals surface area (Å²) < 4.78 is 66.4. The van der Waals surface area contributed by atoms with E-state index in [1.807, 2.05) is 0 Å². The molecule has 10 nitrogen and oxygen atoms in total. The van der Waals surface area contributed by atoms with Crippen LogP contribution in [0.2, 0.25) is 0 Å². The number of carbonyl (C=O) groups is 1. The Bertz CT molecular complexity index is 1160. The van der Waals surface area contributed by atoms with Gasteiger partial charge in [-0.1, -0.05) is 6.07 Å². The van der Waals surface area contributed by atoms with Gasteiger partial charge in [-0.3, -0.25) is 14.9 Å². The van der Waals surface area contributed by atoms with E-state index >= 15 is 0 Å². The van der Waals surface area contributed by atoms with Gasteiger partial charge >= 0.3 is 0 Å². The van der Waals surface area contributed by atoms with E-state index in [1.54, 1.807) is 10.1 Å². The maximum Gasteiger partial charge on any atom is 0.273 e. The zero-order valence-electron chi connectivity index (χ0n) is 14.5. The SMILES string of the molecule is O=C(NS(=O)(=O)c1cc(F)cc([N+](=O)[O-])c1)[C@@H]1CCCN1S(=O)(=O)c1cccs1. The molecule has 1 aliphatic heterocycles. The first kappa shape index (κ1) is 21.3. The van der Waals surface area contributed by atoms with Crippen molar-refractivity contribution >= 4 is 43.0 Å². The average molecular weight is 463 g/mol. The Morgan fingerprint density at radius 3 is 2.62 bits per heavy atom. The van der Waals surface area contributed by atoms with Gasteiger partial charge in [-0.2, -0.15) is 4.31 Å². The van der Waals surface area contributed by atoms with Crippen molar-refractivity contribution in [2.45, 2.75) is 28.0 Å². The number of halogens is 1. The fraction of sp³-hybridized carbons (Fsp3) is 0.267. The number of nitrogens with one attached hydrogen (secondary N) is 1. The quantitative estimate of drug-likeness (QED) is 0.504. The van der Waals surface area contributed by atoms with Gasteiger partial charge in [0.05, 0.1) is 15.9 Å². The van der Waals surface area contributed by atoms with E-state index in [-0.39, 0.29) is 17.2 Å². The number of thiophene rings is 1. The number of non-ortho nitro benzene ring substituents is 1. The van der Waals surface area contributed by atoms with Crippen molar-refractivity contribution in [3.05, 3.63) is 51.6 Å². The van der Waals surface area contributed by atoms with Crippen LogP contribution in [0.15, 0.2) is 44.8 Å². The van der Waals surface area contributed by atoms with Crippen LogP contribution in [0.25, 0.3) is 0 Å². The van der Waals surface area contributed by atoms with Crippen molar-refractivity contribution in [3.8, 4) is 0 Å². The Balaban J connectivity index is 1.86. The highest BCUT2D eigenvalue weighted by Gasteiger charge is 2.41. The molecule has 1 atom stereocenters. The van der Waals surface area contributed by atoms with E-state index in [4.69, 9.17) is 0 Å². The Morgan fingerprint density at radius 1 is 1.28 bits per heavy atom. The van der Waals surface area contributed by atoms with Crippen molar-refractivity contribution in [2.24, 2.45) is 0 Å². The fourth-order valence-electron chi connectivity index (χ4n) is 2.88. The highest BCUT2D eigenvalue weighted by molar-refractivity contribution is 7.91. The van der Waals surface area contributed by atoms with Crippen molar-refractivity contribution in [1.29, 1.82) is 0 Å². The van der Waals surface area contributed by atoms with Gasteiger partial charge in [0, 0.05) is 12.6 Å². The molecule has 1 aromatic carbocycles. The van der Waals surface area contributed by atoms with Gasteiger partial charge in [-0.25, -0.2) is 25.9 Å². The molecule has 0 radical (unpaired) electrons. The van der Waals surface area contributed by atoms with E-state index in [9.17, 15) is 36.1 Å². The molecule has 29 heavy (non-hydrogen) atoms. The second kappa shape index (κ2) is 7.78. The second-order valence-corrected chi connectivity index (χ2v) is 10.8. The largest absolute Gasteiger partial charge is 0.273 e. The molecular weight excluding hydrogens is 449 g/mol. The molecule has 0 spiro atoms. The minimum atomic E-state index is -4.66. The molecule has 3 rings (SSSR count). The normalized spacial score (nSPS) is 17.9. The molecule has 2 aromatic rings. The van der Waals surface area contributed by atoms with Crippen LogP contribution in [-0.4, -0.2) is 44.6 Å². The Hall–Kier alpha value is -2.42. The number of nitrogens with zero attached hydrogens (tertiary/aromatic N) is 2. The molecule has 0 saturated carbocycles. The third-order valence-electron chi connectivity index (χ3n) is 4.18. The number of nitro benzene ring substituents is 1. The number of carbonyl (C=O) groups excluding carboxylic acids is 1. The first-order valence-electron chi connectivity index (χ1n) is 8.09. The molecule has 0 aliphatic carbocycles. The molecule has 0 unspecified atom stereocenters. The Labute approximate surface area is 169 Å². The summed E-state index contributed by atoms with van der Waals surface area (Å²) in [6.45, 7) is 0.0316. The summed E-state index contributed by atoms with van der Waals surface area (Å²) in [5.41, 5.74) is -0.805. The molecule has 1 N–H and O–H groups in total. The Kier molecular flexibility index (Phi) is 5.71. The lowest BCUT2D eigenvalue weighted by Gasteiger charge is -2.22. The predicted molar refractivity (Wildman–Crippen MR) is 99.6 cm³/mol. The van der Waals surface area contributed by atoms with Gasteiger partial charge in [-0.15, -0.1) is 11.3 Å². The van der Waals surface area contributed by atoms with Crippen LogP contribution < -0.4 is 4.72 Å². The lowest BCUT2D eigenvalue weighted by atomic mass is 10.2. The lowest BCUT2D eigenvalue weighted by Crippen LogP contribution is -2.47. The zero-order chi connectivity index (χ0) is 21.4. The van der Waals surface area contributed by atoms with E-state index in [0.717, 1.165) is 15.6 Å². The van der Waals surface area contributed by atoms with Crippen LogP contribution >= 0.6 is 11.3 Å². The van der Waals surface area contributed by atoms with Crippen LogP contribution in [0.1, 0.15) is 12.8 Å².